The topological polar surface area (TPSA) is 140 Å². The number of para-hydroxylation sites is 2. The van der Waals surface area contributed by atoms with Crippen LogP contribution in [-0.2, 0) is 44.4 Å². The van der Waals surface area contributed by atoms with Gasteiger partial charge in [-0.05, 0) is 112 Å². The van der Waals surface area contributed by atoms with Crippen molar-refractivity contribution in [2.45, 2.75) is 13.8 Å². The van der Waals surface area contributed by atoms with Gasteiger partial charge in [0.2, 0.25) is 0 Å². The van der Waals surface area contributed by atoms with Crippen LogP contribution >= 0.6 is 22.7 Å². The largest absolute Gasteiger partial charge is 0.512 e. The molecule has 10 aromatic carbocycles. The Kier molecular flexibility index (Phi) is 17.9. The maximum absolute atomic E-state index is 10.3. The summed E-state index contributed by atoms with van der Waals surface area (Å²) < 4.78 is 2.27. The van der Waals surface area contributed by atoms with Gasteiger partial charge in [-0.25, -0.2) is 15.2 Å². The van der Waals surface area contributed by atoms with Crippen LogP contribution in [0.3, 0.4) is 0 Å². The minimum atomic E-state index is -0.125. The SMILES string of the molecule is CC(=O)C=C(C)O.N#Cc1[c-]c(-c2cc(-c3ccccc3)c3cc4ccccc4cc3n2)ccc1.Oc1ccc2ccccc2c1-c1nc2ccccc2s1.Oc1ccc2ccccc2c1-c1nc2ccccc2s1.[Ir].[Zn]. The molecule has 0 amide bonds. The van der Waals surface area contributed by atoms with Crippen molar-refractivity contribution >= 4 is 92.1 Å². The molecule has 373 valence electrons. The number of aromatic nitrogens is 3. The van der Waals surface area contributed by atoms with E-state index in [-0.39, 0.29) is 62.6 Å². The fourth-order valence-electron chi connectivity index (χ4n) is 8.81. The van der Waals surface area contributed by atoms with Crippen LogP contribution in [-0.4, -0.2) is 36.1 Å². The van der Waals surface area contributed by atoms with Crippen LogP contribution in [0.15, 0.2) is 224 Å². The number of ketones is 1. The molecule has 77 heavy (non-hydrogen) atoms. The molecule has 0 saturated heterocycles. The Morgan fingerprint density at radius 1 is 0.532 bits per heavy atom. The summed E-state index contributed by atoms with van der Waals surface area (Å²) in [5.41, 5.74) is 8.95. The zero-order chi connectivity index (χ0) is 51.8. The normalized spacial score (nSPS) is 10.8. The number of rotatable bonds is 5. The molecule has 0 unspecified atom stereocenters. The van der Waals surface area contributed by atoms with E-state index in [1.165, 1.54) is 25.3 Å². The first-order valence-electron chi connectivity index (χ1n) is 23.9. The third kappa shape index (κ3) is 12.5. The molecule has 0 bridgehead atoms. The number of fused-ring (bicyclic) bond motifs is 6. The number of hydrogen-bond acceptors (Lipinski definition) is 10. The van der Waals surface area contributed by atoms with Gasteiger partial charge in [0.1, 0.15) is 21.5 Å². The van der Waals surface area contributed by atoms with E-state index in [9.17, 15) is 20.3 Å². The van der Waals surface area contributed by atoms with Gasteiger partial charge in [-0.2, -0.15) is 0 Å². The van der Waals surface area contributed by atoms with Gasteiger partial charge in [0.15, 0.2) is 5.78 Å². The fourth-order valence-corrected chi connectivity index (χ4v) is 10.9. The number of benzene rings is 10. The van der Waals surface area contributed by atoms with Gasteiger partial charge in [-0.3, -0.25) is 9.78 Å². The molecule has 0 saturated carbocycles. The van der Waals surface area contributed by atoms with E-state index in [0.29, 0.717) is 5.56 Å². The number of phenolic OH excluding ortho intramolecular Hbond substituents is 2. The molecular formula is C65H45IrN4O4S2Zn-. The van der Waals surface area contributed by atoms with E-state index in [1.807, 2.05) is 133 Å². The van der Waals surface area contributed by atoms with Crippen molar-refractivity contribution in [2.75, 3.05) is 0 Å². The molecule has 3 aromatic heterocycles. The maximum atomic E-state index is 10.3. The number of aromatic hydroxyl groups is 2. The number of pyridine rings is 1. The van der Waals surface area contributed by atoms with E-state index >= 15 is 0 Å². The summed E-state index contributed by atoms with van der Waals surface area (Å²) in [4.78, 5) is 24.2. The first-order chi connectivity index (χ1) is 36.6. The van der Waals surface area contributed by atoms with Crippen molar-refractivity contribution in [2.24, 2.45) is 0 Å². The fraction of sp³-hybridized carbons (Fsp3) is 0.0308. The Balaban J connectivity index is 0.000000144. The van der Waals surface area contributed by atoms with Crippen LogP contribution in [0.4, 0.5) is 0 Å². The van der Waals surface area contributed by atoms with Crippen molar-refractivity contribution in [1.82, 2.24) is 15.0 Å². The average Bonchev–Trinajstić information content (AvgIpc) is 4.09. The van der Waals surface area contributed by atoms with Crippen molar-refractivity contribution in [1.29, 1.82) is 5.26 Å². The van der Waals surface area contributed by atoms with Crippen molar-refractivity contribution in [3.8, 4) is 61.1 Å². The van der Waals surface area contributed by atoms with E-state index in [0.717, 1.165) is 102 Å². The number of nitrogens with zero attached hydrogens (tertiary/aromatic N) is 4. The Bertz CT molecular complexity index is 4100. The van der Waals surface area contributed by atoms with E-state index in [1.54, 1.807) is 40.9 Å². The van der Waals surface area contributed by atoms with Crippen molar-refractivity contribution in [3.05, 3.63) is 236 Å². The second-order valence-electron chi connectivity index (χ2n) is 17.5. The van der Waals surface area contributed by atoms with Gasteiger partial charge < -0.3 is 15.3 Å². The number of aliphatic hydroxyl groups excluding tert-OH is 1. The number of thiazole rings is 2. The van der Waals surface area contributed by atoms with E-state index in [4.69, 9.17) is 10.1 Å². The molecule has 0 spiro atoms. The summed E-state index contributed by atoms with van der Waals surface area (Å²) in [7, 11) is 0. The van der Waals surface area contributed by atoms with Gasteiger partial charge in [-0.1, -0.05) is 157 Å². The third-order valence-electron chi connectivity index (χ3n) is 12.2. The molecule has 0 atom stereocenters. The number of nitriles is 1. The molecule has 3 heterocycles. The van der Waals surface area contributed by atoms with Gasteiger partial charge in [0, 0.05) is 56.7 Å². The predicted octanol–water partition coefficient (Wildman–Crippen LogP) is 17.1. The monoisotopic (exact) mass is 1270 g/mol. The van der Waals surface area contributed by atoms with Crippen LogP contribution in [0.1, 0.15) is 19.4 Å². The summed E-state index contributed by atoms with van der Waals surface area (Å²) in [6.07, 6.45) is 1.17. The maximum Gasteiger partial charge on any atom is 0.155 e. The Morgan fingerprint density at radius 2 is 1.03 bits per heavy atom. The minimum absolute atomic E-state index is 0. The molecule has 8 nitrogen and oxygen atoms in total. The third-order valence-corrected chi connectivity index (χ3v) is 14.3. The molecule has 0 aliphatic heterocycles. The first-order valence-corrected chi connectivity index (χ1v) is 25.6. The second kappa shape index (κ2) is 25.1. The summed E-state index contributed by atoms with van der Waals surface area (Å²) in [5.74, 6) is 0.498. The smallest absolute Gasteiger partial charge is 0.155 e. The number of hydrogen-bond donors (Lipinski definition) is 3. The van der Waals surface area contributed by atoms with Gasteiger partial charge in [0.05, 0.1) is 42.8 Å². The molecule has 3 N–H and O–H groups in total. The van der Waals surface area contributed by atoms with Crippen molar-refractivity contribution in [3.63, 3.8) is 0 Å². The van der Waals surface area contributed by atoms with Gasteiger partial charge in [-0.15, -0.1) is 46.9 Å². The number of carbonyl (C=O) groups excluding carboxylic acids is 1. The minimum Gasteiger partial charge on any atom is -0.512 e. The van der Waals surface area contributed by atoms with Crippen molar-refractivity contribution < 1.29 is 59.7 Å². The zero-order valence-electron chi connectivity index (χ0n) is 41.7. The molecular weight excluding hydrogens is 1220 g/mol. The zero-order valence-corrected chi connectivity index (χ0v) is 48.7. The van der Waals surface area contributed by atoms with Crippen LogP contribution in [0.5, 0.6) is 11.5 Å². The molecule has 12 heteroatoms. The summed E-state index contributed by atoms with van der Waals surface area (Å²) in [6, 6.07) is 75.6. The molecule has 0 fully saturated rings. The van der Waals surface area contributed by atoms with E-state index < -0.39 is 0 Å². The quantitative estimate of drug-likeness (QED) is 0.0509. The summed E-state index contributed by atoms with van der Waals surface area (Å²) >= 11 is 3.22. The Labute approximate surface area is 479 Å². The summed E-state index contributed by atoms with van der Waals surface area (Å²) in [6.45, 7) is 2.85. The number of aliphatic hydroxyl groups is 1. The Morgan fingerprint density at radius 3 is 1.53 bits per heavy atom. The molecule has 1 radical (unpaired) electrons. The van der Waals surface area contributed by atoms with Crippen LogP contribution in [0.2, 0.25) is 0 Å². The molecule has 13 aromatic rings. The van der Waals surface area contributed by atoms with Crippen LogP contribution < -0.4 is 0 Å². The predicted molar refractivity (Wildman–Crippen MR) is 309 cm³/mol. The number of carbonyl (C=O) groups is 1. The number of allylic oxidation sites excluding steroid dienone is 2. The first kappa shape index (κ1) is 55.0. The molecule has 13 rings (SSSR count). The van der Waals surface area contributed by atoms with Gasteiger partial charge in [0.25, 0.3) is 0 Å². The number of phenols is 2. The van der Waals surface area contributed by atoms with Crippen LogP contribution in [0.25, 0.3) is 107 Å². The van der Waals surface area contributed by atoms with E-state index in [2.05, 4.69) is 82.8 Å². The Hall–Kier alpha value is -8.26. The van der Waals surface area contributed by atoms with Crippen LogP contribution in [0, 0.1) is 17.4 Å². The molecule has 0 aliphatic rings. The average molecular weight is 1270 g/mol. The standard InChI is InChI=1S/C26H15N2.2C17H11NOS.C5H8O2.Ir.Zn/c27-17-18-7-6-12-22(13-18)25-16-23(19-8-2-1-3-9-19)24-14-20-10-4-5-11-21(20)15-26(24)28-25;2*19-14-10-9-11-5-1-2-6-12(11)16(14)17-18-13-7-3-4-8-15(13)20-17;1-4(6)3-5(2)7;;/h1-12,14-16H;2*1-10,19H;3,6H,1-2H3;;/q-1;;;;;. The molecule has 0 aliphatic carbocycles. The second-order valence-corrected chi connectivity index (χ2v) is 19.5. The van der Waals surface area contributed by atoms with Gasteiger partial charge >= 0.3 is 0 Å². The summed E-state index contributed by atoms with van der Waals surface area (Å²) in [5, 5.41) is 47.6.